The molecule has 2 rings (SSSR count). The summed E-state index contributed by atoms with van der Waals surface area (Å²) in [7, 11) is 1.77. The molecule has 2 aromatic rings. The van der Waals surface area contributed by atoms with E-state index in [-0.39, 0.29) is 0 Å². The fourth-order valence-electron chi connectivity index (χ4n) is 1.58. The first-order valence-corrected chi connectivity index (χ1v) is 5.59. The highest BCUT2D eigenvalue weighted by atomic mass is 16.5. The Balaban J connectivity index is 2.30. The Hall–Kier alpha value is -2.87. The summed E-state index contributed by atoms with van der Waals surface area (Å²) in [6, 6.07) is 7.35. The monoisotopic (exact) mass is 252 g/mol. The number of hydrogen-bond donors (Lipinski definition) is 1. The number of nitriles is 1. The van der Waals surface area contributed by atoms with Crippen LogP contribution in [-0.2, 0) is 0 Å². The van der Waals surface area contributed by atoms with Crippen molar-refractivity contribution >= 4 is 11.3 Å². The molecule has 0 spiro atoms. The highest BCUT2D eigenvalue weighted by molar-refractivity contribution is 5.83. The van der Waals surface area contributed by atoms with Gasteiger partial charge in [0.05, 0.1) is 17.8 Å². The third-order valence-corrected chi connectivity index (χ3v) is 2.48. The first kappa shape index (κ1) is 12.6. The van der Waals surface area contributed by atoms with Crippen LogP contribution in [0.25, 0.3) is 5.57 Å². The molecular formula is C14H12N4O. The van der Waals surface area contributed by atoms with Gasteiger partial charge in [-0.15, -0.1) is 0 Å². The van der Waals surface area contributed by atoms with E-state index in [2.05, 4.69) is 21.9 Å². The van der Waals surface area contributed by atoms with Gasteiger partial charge in [-0.05, 0) is 12.1 Å². The van der Waals surface area contributed by atoms with Gasteiger partial charge in [0, 0.05) is 36.8 Å². The SMILES string of the molecule is C=C(C#N)c1ccc(Oc2cnccn2)cc1NC. The lowest BCUT2D eigenvalue weighted by Gasteiger charge is -2.10. The molecule has 0 atom stereocenters. The van der Waals surface area contributed by atoms with Crippen LogP contribution in [0.3, 0.4) is 0 Å². The summed E-state index contributed by atoms with van der Waals surface area (Å²) in [6.45, 7) is 3.70. The molecule has 0 saturated heterocycles. The molecular weight excluding hydrogens is 240 g/mol. The molecule has 1 heterocycles. The van der Waals surface area contributed by atoms with Gasteiger partial charge in [-0.25, -0.2) is 4.98 Å². The minimum atomic E-state index is 0.399. The fourth-order valence-corrected chi connectivity index (χ4v) is 1.58. The summed E-state index contributed by atoms with van der Waals surface area (Å²) in [5, 5.41) is 11.9. The van der Waals surface area contributed by atoms with Gasteiger partial charge in [0.25, 0.3) is 0 Å². The third-order valence-electron chi connectivity index (χ3n) is 2.48. The molecule has 1 aromatic carbocycles. The normalized spacial score (nSPS) is 9.47. The fraction of sp³-hybridized carbons (Fsp3) is 0.0714. The van der Waals surface area contributed by atoms with Crippen LogP contribution >= 0.6 is 0 Å². The van der Waals surface area contributed by atoms with Crippen molar-refractivity contribution in [2.24, 2.45) is 0 Å². The maximum atomic E-state index is 8.89. The average molecular weight is 252 g/mol. The lowest BCUT2D eigenvalue weighted by Crippen LogP contribution is -1.95. The van der Waals surface area contributed by atoms with Crippen molar-refractivity contribution in [3.05, 3.63) is 48.9 Å². The van der Waals surface area contributed by atoms with Crippen LogP contribution in [0.1, 0.15) is 5.56 Å². The Morgan fingerprint density at radius 2 is 2.26 bits per heavy atom. The van der Waals surface area contributed by atoms with Crippen LogP contribution in [0.4, 0.5) is 5.69 Å². The van der Waals surface area contributed by atoms with E-state index in [9.17, 15) is 0 Å². The maximum absolute atomic E-state index is 8.89. The Labute approximate surface area is 111 Å². The number of ether oxygens (including phenoxy) is 1. The molecule has 0 unspecified atom stereocenters. The molecule has 5 heteroatoms. The van der Waals surface area contributed by atoms with Crippen LogP contribution in [0, 0.1) is 11.3 Å². The number of nitrogens with zero attached hydrogens (tertiary/aromatic N) is 3. The Bertz CT molecular complexity index is 632. The molecule has 94 valence electrons. The van der Waals surface area contributed by atoms with Gasteiger partial charge in [-0.1, -0.05) is 6.58 Å². The summed E-state index contributed by atoms with van der Waals surface area (Å²) < 4.78 is 5.56. The zero-order valence-corrected chi connectivity index (χ0v) is 10.4. The summed E-state index contributed by atoms with van der Waals surface area (Å²) in [4.78, 5) is 7.95. The van der Waals surface area contributed by atoms with E-state index in [0.29, 0.717) is 17.2 Å². The second-order valence-electron chi connectivity index (χ2n) is 3.69. The first-order valence-electron chi connectivity index (χ1n) is 5.59. The molecule has 0 aliphatic carbocycles. The Kier molecular flexibility index (Phi) is 3.74. The van der Waals surface area contributed by atoms with Crippen molar-refractivity contribution in [2.45, 2.75) is 0 Å². The number of nitrogens with one attached hydrogen (secondary N) is 1. The van der Waals surface area contributed by atoms with Crippen molar-refractivity contribution in [3.63, 3.8) is 0 Å². The summed E-state index contributed by atoms with van der Waals surface area (Å²) in [6.07, 6.45) is 4.66. The molecule has 19 heavy (non-hydrogen) atoms. The topological polar surface area (TPSA) is 70.8 Å². The molecule has 0 amide bonds. The molecule has 0 radical (unpaired) electrons. The number of benzene rings is 1. The quantitative estimate of drug-likeness (QED) is 0.847. The molecule has 1 N–H and O–H groups in total. The highest BCUT2D eigenvalue weighted by Crippen LogP contribution is 2.28. The number of rotatable bonds is 4. The molecule has 0 fully saturated rings. The molecule has 0 aliphatic rings. The van der Waals surface area contributed by atoms with Crippen molar-refractivity contribution < 1.29 is 4.74 Å². The van der Waals surface area contributed by atoms with Gasteiger partial charge in [0.15, 0.2) is 0 Å². The molecule has 0 aliphatic heterocycles. The van der Waals surface area contributed by atoms with Crippen molar-refractivity contribution in [3.8, 4) is 17.7 Å². The van der Waals surface area contributed by atoms with E-state index < -0.39 is 0 Å². The van der Waals surface area contributed by atoms with Crippen molar-refractivity contribution in [2.75, 3.05) is 12.4 Å². The summed E-state index contributed by atoms with van der Waals surface area (Å²) in [5.74, 6) is 1.02. The van der Waals surface area contributed by atoms with E-state index >= 15 is 0 Å². The van der Waals surface area contributed by atoms with Gasteiger partial charge in [0.1, 0.15) is 5.75 Å². The van der Waals surface area contributed by atoms with Gasteiger partial charge in [-0.3, -0.25) is 4.98 Å². The first-order chi connectivity index (χ1) is 9.24. The van der Waals surface area contributed by atoms with Crippen LogP contribution in [0.15, 0.2) is 43.4 Å². The van der Waals surface area contributed by atoms with Crippen molar-refractivity contribution in [1.82, 2.24) is 9.97 Å². The van der Waals surface area contributed by atoms with Crippen LogP contribution in [0.5, 0.6) is 11.6 Å². The Morgan fingerprint density at radius 1 is 1.42 bits per heavy atom. The summed E-state index contributed by atoms with van der Waals surface area (Å²) in [5.41, 5.74) is 1.92. The number of hydrogen-bond acceptors (Lipinski definition) is 5. The predicted molar refractivity (Wildman–Crippen MR) is 72.7 cm³/mol. The third kappa shape index (κ3) is 2.87. The van der Waals surface area contributed by atoms with E-state index in [1.165, 1.54) is 6.20 Å². The number of allylic oxidation sites excluding steroid dienone is 1. The maximum Gasteiger partial charge on any atom is 0.237 e. The molecule has 0 saturated carbocycles. The lowest BCUT2D eigenvalue weighted by molar-refractivity contribution is 0.460. The Morgan fingerprint density at radius 3 is 2.89 bits per heavy atom. The second-order valence-corrected chi connectivity index (χ2v) is 3.69. The van der Waals surface area contributed by atoms with Crippen LogP contribution < -0.4 is 10.1 Å². The minimum absolute atomic E-state index is 0.399. The number of aromatic nitrogens is 2. The van der Waals surface area contributed by atoms with E-state index in [1.807, 2.05) is 6.07 Å². The zero-order chi connectivity index (χ0) is 13.7. The highest BCUT2D eigenvalue weighted by Gasteiger charge is 2.07. The van der Waals surface area contributed by atoms with E-state index in [0.717, 1.165) is 11.3 Å². The second kappa shape index (κ2) is 5.65. The minimum Gasteiger partial charge on any atom is -0.437 e. The van der Waals surface area contributed by atoms with Crippen molar-refractivity contribution in [1.29, 1.82) is 5.26 Å². The lowest BCUT2D eigenvalue weighted by atomic mass is 10.1. The van der Waals surface area contributed by atoms with Gasteiger partial charge >= 0.3 is 0 Å². The van der Waals surface area contributed by atoms with Crippen LogP contribution in [0.2, 0.25) is 0 Å². The molecule has 5 nitrogen and oxygen atoms in total. The average Bonchev–Trinajstić information content (AvgIpc) is 2.47. The largest absolute Gasteiger partial charge is 0.437 e. The standard InChI is InChI=1S/C14H12N4O/c1-10(8-15)12-4-3-11(7-13(12)16-2)19-14-9-17-5-6-18-14/h3-7,9,16H,1H2,2H3. The summed E-state index contributed by atoms with van der Waals surface area (Å²) >= 11 is 0. The van der Waals surface area contributed by atoms with Gasteiger partial charge < -0.3 is 10.1 Å². The van der Waals surface area contributed by atoms with Gasteiger partial charge in [-0.2, -0.15) is 5.26 Å². The van der Waals surface area contributed by atoms with Crippen LogP contribution in [-0.4, -0.2) is 17.0 Å². The van der Waals surface area contributed by atoms with E-state index in [1.54, 1.807) is 37.6 Å². The molecule has 0 bridgehead atoms. The smallest absolute Gasteiger partial charge is 0.237 e. The number of anilines is 1. The predicted octanol–water partition coefficient (Wildman–Crippen LogP) is 2.85. The zero-order valence-electron chi connectivity index (χ0n) is 10.4. The molecule has 1 aromatic heterocycles. The van der Waals surface area contributed by atoms with E-state index in [4.69, 9.17) is 10.00 Å². The van der Waals surface area contributed by atoms with Gasteiger partial charge in [0.2, 0.25) is 5.88 Å².